The van der Waals surface area contributed by atoms with Crippen LogP contribution in [-0.4, -0.2) is 29.8 Å². The lowest BCUT2D eigenvalue weighted by atomic mass is 10.1. The van der Waals surface area contributed by atoms with Crippen molar-refractivity contribution >= 4 is 28.9 Å². The lowest BCUT2D eigenvalue weighted by Crippen LogP contribution is -2.42. The first kappa shape index (κ1) is 16.1. The Balaban J connectivity index is 1.57. The lowest BCUT2D eigenvalue weighted by Gasteiger charge is -2.25. The average molecular weight is 323 g/mol. The van der Waals surface area contributed by atoms with Crippen LogP contribution in [0, 0.1) is 0 Å². The number of benzene rings is 2. The molecule has 2 N–H and O–H groups in total. The van der Waals surface area contributed by atoms with Gasteiger partial charge in [-0.2, -0.15) is 0 Å². The summed E-state index contributed by atoms with van der Waals surface area (Å²) in [5, 5.41) is 5.94. The summed E-state index contributed by atoms with van der Waals surface area (Å²) < 4.78 is 0. The van der Waals surface area contributed by atoms with Crippen molar-refractivity contribution in [3.63, 3.8) is 0 Å². The van der Waals surface area contributed by atoms with Gasteiger partial charge in [-0.3, -0.25) is 9.59 Å². The van der Waals surface area contributed by atoms with Crippen LogP contribution in [0.4, 0.5) is 17.1 Å². The molecule has 0 radical (unpaired) electrons. The molecular formula is C19H21N3O2. The summed E-state index contributed by atoms with van der Waals surface area (Å²) in [6, 6.07) is 17.1. The minimum absolute atomic E-state index is 0.443. The number of hydrogen-bond acceptors (Lipinski definition) is 3. The first-order valence-corrected chi connectivity index (χ1v) is 8.25. The molecule has 24 heavy (non-hydrogen) atoms. The van der Waals surface area contributed by atoms with Crippen molar-refractivity contribution in [1.82, 2.24) is 4.90 Å². The van der Waals surface area contributed by atoms with Crippen LogP contribution in [0.15, 0.2) is 54.6 Å². The largest absolute Gasteiger partial charge is 0.356 e. The predicted molar refractivity (Wildman–Crippen MR) is 95.2 cm³/mol. The van der Waals surface area contributed by atoms with Gasteiger partial charge in [0.1, 0.15) is 0 Å². The maximum Gasteiger partial charge on any atom is 0.313 e. The molecule has 0 aliphatic carbocycles. The van der Waals surface area contributed by atoms with Crippen LogP contribution >= 0.6 is 0 Å². The number of carbonyl (C=O) groups excluding carboxylic acids is 2. The molecule has 0 aromatic heterocycles. The van der Waals surface area contributed by atoms with E-state index in [9.17, 15) is 9.59 Å². The van der Waals surface area contributed by atoms with E-state index in [2.05, 4.69) is 10.6 Å². The molecule has 2 amide bonds. The van der Waals surface area contributed by atoms with Gasteiger partial charge in [0.2, 0.25) is 0 Å². The van der Waals surface area contributed by atoms with E-state index >= 15 is 0 Å². The molecule has 1 fully saturated rings. The number of nitrogens with zero attached hydrogens (tertiary/aromatic N) is 1. The van der Waals surface area contributed by atoms with E-state index in [4.69, 9.17) is 0 Å². The summed E-state index contributed by atoms with van der Waals surface area (Å²) in [6.07, 6.45) is 3.07. The Labute approximate surface area is 141 Å². The van der Waals surface area contributed by atoms with E-state index < -0.39 is 11.8 Å². The van der Waals surface area contributed by atoms with E-state index in [0.717, 1.165) is 30.6 Å². The molecule has 124 valence electrons. The molecule has 0 bridgehead atoms. The highest BCUT2D eigenvalue weighted by Gasteiger charge is 2.23. The first-order chi connectivity index (χ1) is 11.7. The monoisotopic (exact) mass is 323 g/mol. The Morgan fingerprint density at radius 3 is 2.00 bits per heavy atom. The third-order valence-corrected chi connectivity index (χ3v) is 4.04. The zero-order valence-corrected chi connectivity index (χ0v) is 13.5. The number of para-hydroxylation sites is 1. The minimum atomic E-state index is -0.569. The second kappa shape index (κ2) is 7.64. The molecular weight excluding hydrogens is 302 g/mol. The fourth-order valence-electron chi connectivity index (χ4n) is 2.75. The fraction of sp³-hybridized carbons (Fsp3) is 0.263. The Morgan fingerprint density at radius 2 is 1.33 bits per heavy atom. The van der Waals surface area contributed by atoms with Crippen LogP contribution in [-0.2, 0) is 9.59 Å². The average Bonchev–Trinajstić information content (AvgIpc) is 2.64. The lowest BCUT2D eigenvalue weighted by molar-refractivity contribution is -0.143. The number of rotatable bonds is 3. The van der Waals surface area contributed by atoms with Crippen LogP contribution in [0.5, 0.6) is 0 Å². The van der Waals surface area contributed by atoms with Gasteiger partial charge in [0.05, 0.1) is 0 Å². The van der Waals surface area contributed by atoms with Crippen molar-refractivity contribution in [1.29, 1.82) is 0 Å². The quantitative estimate of drug-likeness (QED) is 0.851. The van der Waals surface area contributed by atoms with E-state index in [0.29, 0.717) is 18.8 Å². The number of anilines is 3. The van der Waals surface area contributed by atoms with Gasteiger partial charge in [-0.25, -0.2) is 0 Å². The maximum absolute atomic E-state index is 12.1. The Kier molecular flexibility index (Phi) is 5.11. The van der Waals surface area contributed by atoms with E-state index in [1.807, 2.05) is 42.5 Å². The van der Waals surface area contributed by atoms with Gasteiger partial charge < -0.3 is 15.5 Å². The number of likely N-dealkylation sites (tertiary alicyclic amines) is 1. The molecule has 1 aliphatic heterocycles. The summed E-state index contributed by atoms with van der Waals surface area (Å²) in [7, 11) is 0. The van der Waals surface area contributed by atoms with Crippen LogP contribution in [0.1, 0.15) is 19.3 Å². The van der Waals surface area contributed by atoms with Gasteiger partial charge >= 0.3 is 11.8 Å². The summed E-state index contributed by atoms with van der Waals surface area (Å²) in [4.78, 5) is 25.8. The number of carbonyl (C=O) groups is 2. The topological polar surface area (TPSA) is 61.4 Å². The molecule has 2 aromatic rings. The van der Waals surface area contributed by atoms with Gasteiger partial charge in [-0.05, 0) is 55.7 Å². The third-order valence-electron chi connectivity index (χ3n) is 4.04. The van der Waals surface area contributed by atoms with Crippen molar-refractivity contribution in [3.8, 4) is 0 Å². The second-order valence-corrected chi connectivity index (χ2v) is 5.88. The summed E-state index contributed by atoms with van der Waals surface area (Å²) in [5.41, 5.74) is 2.53. The Morgan fingerprint density at radius 1 is 0.750 bits per heavy atom. The highest BCUT2D eigenvalue weighted by atomic mass is 16.2. The second-order valence-electron chi connectivity index (χ2n) is 5.88. The summed E-state index contributed by atoms with van der Waals surface area (Å²) in [6.45, 7) is 1.35. The van der Waals surface area contributed by atoms with Crippen LogP contribution < -0.4 is 10.6 Å². The first-order valence-electron chi connectivity index (χ1n) is 8.25. The molecule has 2 aromatic carbocycles. The SMILES string of the molecule is O=C(Nc1ccc(Nc2ccccc2)cc1)C(=O)N1CCCCC1. The molecule has 0 atom stereocenters. The van der Waals surface area contributed by atoms with E-state index in [1.54, 1.807) is 17.0 Å². The van der Waals surface area contributed by atoms with E-state index in [1.165, 1.54) is 0 Å². The van der Waals surface area contributed by atoms with E-state index in [-0.39, 0.29) is 0 Å². The predicted octanol–water partition coefficient (Wildman–Crippen LogP) is 3.38. The maximum atomic E-state index is 12.1. The van der Waals surface area contributed by atoms with Crippen LogP contribution in [0.3, 0.4) is 0 Å². The molecule has 0 spiro atoms. The van der Waals surface area contributed by atoms with Gasteiger partial charge in [0.15, 0.2) is 0 Å². The van der Waals surface area contributed by atoms with Crippen molar-refractivity contribution in [2.24, 2.45) is 0 Å². The van der Waals surface area contributed by atoms with Crippen LogP contribution in [0.25, 0.3) is 0 Å². The summed E-state index contributed by atoms with van der Waals surface area (Å²) >= 11 is 0. The normalized spacial score (nSPS) is 14.1. The zero-order chi connectivity index (χ0) is 16.8. The molecule has 0 saturated carbocycles. The number of nitrogens with one attached hydrogen (secondary N) is 2. The number of piperidine rings is 1. The number of hydrogen-bond donors (Lipinski definition) is 2. The van der Waals surface area contributed by atoms with Gasteiger partial charge in [-0.15, -0.1) is 0 Å². The third kappa shape index (κ3) is 4.13. The standard InChI is InChI=1S/C19H21N3O2/c23-18(19(24)22-13-5-2-6-14-22)21-17-11-9-16(10-12-17)20-15-7-3-1-4-8-15/h1,3-4,7-12,20H,2,5-6,13-14H2,(H,21,23). The highest BCUT2D eigenvalue weighted by Crippen LogP contribution is 2.19. The molecule has 1 saturated heterocycles. The van der Waals surface area contributed by atoms with Gasteiger partial charge in [0, 0.05) is 30.2 Å². The zero-order valence-electron chi connectivity index (χ0n) is 13.5. The molecule has 5 heteroatoms. The highest BCUT2D eigenvalue weighted by molar-refractivity contribution is 6.39. The fourth-order valence-corrected chi connectivity index (χ4v) is 2.75. The van der Waals surface area contributed by atoms with Gasteiger partial charge in [0.25, 0.3) is 0 Å². The molecule has 3 rings (SSSR count). The van der Waals surface area contributed by atoms with Crippen LogP contribution in [0.2, 0.25) is 0 Å². The number of amides is 2. The minimum Gasteiger partial charge on any atom is -0.356 e. The van der Waals surface area contributed by atoms with Crippen molar-refractivity contribution in [3.05, 3.63) is 54.6 Å². The Bertz CT molecular complexity index is 692. The Hall–Kier alpha value is -2.82. The molecule has 5 nitrogen and oxygen atoms in total. The van der Waals surface area contributed by atoms with Crippen molar-refractivity contribution in [2.75, 3.05) is 23.7 Å². The van der Waals surface area contributed by atoms with Crippen molar-refractivity contribution in [2.45, 2.75) is 19.3 Å². The molecule has 0 unspecified atom stereocenters. The van der Waals surface area contributed by atoms with Gasteiger partial charge in [-0.1, -0.05) is 18.2 Å². The van der Waals surface area contributed by atoms with Crippen molar-refractivity contribution < 1.29 is 9.59 Å². The smallest absolute Gasteiger partial charge is 0.313 e. The summed E-state index contributed by atoms with van der Waals surface area (Å²) in [5.74, 6) is -1.01. The molecule has 1 aliphatic rings. The molecule has 1 heterocycles.